The van der Waals surface area contributed by atoms with Crippen LogP contribution in [0.25, 0.3) is 10.8 Å². The molecule has 0 atom stereocenters. The second-order valence-electron chi connectivity index (χ2n) is 3.44. The van der Waals surface area contributed by atoms with Gasteiger partial charge in [0.25, 0.3) is 0 Å². The van der Waals surface area contributed by atoms with Crippen molar-refractivity contribution in [1.29, 1.82) is 0 Å². The molecule has 0 radical (unpaired) electrons. The molecule has 0 spiro atoms. The molecule has 1 heteroatoms. The van der Waals surface area contributed by atoms with Gasteiger partial charge in [-0.25, -0.2) is 0 Å². The van der Waals surface area contributed by atoms with Crippen molar-refractivity contribution < 1.29 is 4.79 Å². The fraction of sp³-hybridized carbons (Fsp3) is 0.214. The van der Waals surface area contributed by atoms with E-state index in [1.165, 1.54) is 21.9 Å². The average molecular weight is 200 g/mol. The third-order valence-electron chi connectivity index (χ3n) is 2.58. The average Bonchev–Trinajstić information content (AvgIpc) is 2.31. The molecule has 0 saturated carbocycles. The SMILES string of the molecule is C=O.CCc1cccc2cccc(C)c12. The number of carbonyl (C=O) groups excluding carboxylic acids is 1. The molecule has 0 bridgehead atoms. The van der Waals surface area contributed by atoms with Gasteiger partial charge >= 0.3 is 0 Å². The fourth-order valence-corrected chi connectivity index (χ4v) is 1.91. The van der Waals surface area contributed by atoms with E-state index in [-0.39, 0.29) is 0 Å². The van der Waals surface area contributed by atoms with Crippen molar-refractivity contribution in [2.75, 3.05) is 0 Å². The van der Waals surface area contributed by atoms with Crippen molar-refractivity contribution >= 4 is 17.6 Å². The molecule has 78 valence electrons. The quantitative estimate of drug-likeness (QED) is 0.688. The van der Waals surface area contributed by atoms with E-state index in [2.05, 4.69) is 50.2 Å². The van der Waals surface area contributed by atoms with Gasteiger partial charge in [-0.2, -0.15) is 0 Å². The van der Waals surface area contributed by atoms with Gasteiger partial charge in [0.1, 0.15) is 6.79 Å². The molecule has 0 aromatic heterocycles. The van der Waals surface area contributed by atoms with Crippen molar-refractivity contribution in [3.63, 3.8) is 0 Å². The highest BCUT2D eigenvalue weighted by Gasteiger charge is 2.00. The molecule has 2 rings (SSSR count). The number of hydrogen-bond donors (Lipinski definition) is 0. The summed E-state index contributed by atoms with van der Waals surface area (Å²) in [4.78, 5) is 8.00. The maximum Gasteiger partial charge on any atom is 0.106 e. The highest BCUT2D eigenvalue weighted by Crippen LogP contribution is 2.22. The molecule has 0 fully saturated rings. The first kappa shape index (κ1) is 11.4. The van der Waals surface area contributed by atoms with Crippen LogP contribution in [0.2, 0.25) is 0 Å². The summed E-state index contributed by atoms with van der Waals surface area (Å²) in [6.45, 7) is 6.39. The first-order valence-corrected chi connectivity index (χ1v) is 5.09. The Morgan fingerprint density at radius 2 is 1.67 bits per heavy atom. The summed E-state index contributed by atoms with van der Waals surface area (Å²) in [5, 5.41) is 2.80. The zero-order valence-corrected chi connectivity index (χ0v) is 9.29. The Morgan fingerprint density at radius 1 is 1.07 bits per heavy atom. The predicted molar refractivity (Wildman–Crippen MR) is 65.2 cm³/mol. The highest BCUT2D eigenvalue weighted by atomic mass is 16.1. The van der Waals surface area contributed by atoms with Crippen LogP contribution in [0.5, 0.6) is 0 Å². The molecule has 1 nitrogen and oxygen atoms in total. The molecular formula is C14H16O. The third kappa shape index (κ3) is 2.24. The van der Waals surface area contributed by atoms with Crippen LogP contribution in [-0.4, -0.2) is 6.79 Å². The highest BCUT2D eigenvalue weighted by molar-refractivity contribution is 5.88. The molecule has 0 aliphatic heterocycles. The van der Waals surface area contributed by atoms with Crippen LogP contribution in [-0.2, 0) is 11.2 Å². The van der Waals surface area contributed by atoms with E-state index in [4.69, 9.17) is 4.79 Å². The standard InChI is InChI=1S/C13H14.CH2O/c1-3-11-7-5-9-12-8-4-6-10(2)13(11)12;1-2/h4-9H,3H2,1-2H3;1H2. The fourth-order valence-electron chi connectivity index (χ4n) is 1.91. The summed E-state index contributed by atoms with van der Waals surface area (Å²) in [7, 11) is 0. The van der Waals surface area contributed by atoms with Crippen LogP contribution in [0.1, 0.15) is 18.1 Å². The Balaban J connectivity index is 0.000000531. The first-order chi connectivity index (χ1) is 7.33. The second kappa shape index (κ2) is 5.30. The lowest BCUT2D eigenvalue weighted by atomic mass is 9.99. The molecule has 2 aromatic carbocycles. The van der Waals surface area contributed by atoms with Gasteiger partial charge < -0.3 is 4.79 Å². The maximum atomic E-state index is 8.00. The van der Waals surface area contributed by atoms with Crippen LogP contribution < -0.4 is 0 Å². The van der Waals surface area contributed by atoms with Crippen LogP contribution in [0.15, 0.2) is 36.4 Å². The van der Waals surface area contributed by atoms with Crippen LogP contribution in [0, 0.1) is 6.92 Å². The Morgan fingerprint density at radius 3 is 2.27 bits per heavy atom. The van der Waals surface area contributed by atoms with E-state index in [0.29, 0.717) is 0 Å². The van der Waals surface area contributed by atoms with Gasteiger partial charge in [0.2, 0.25) is 0 Å². The molecule has 15 heavy (non-hydrogen) atoms. The maximum absolute atomic E-state index is 8.00. The Hall–Kier alpha value is -1.63. The van der Waals surface area contributed by atoms with Crippen molar-refractivity contribution in [1.82, 2.24) is 0 Å². The van der Waals surface area contributed by atoms with Gasteiger partial charge in [0.05, 0.1) is 0 Å². The molecule has 2 aromatic rings. The summed E-state index contributed by atoms with van der Waals surface area (Å²) in [5.74, 6) is 0. The lowest BCUT2D eigenvalue weighted by molar-refractivity contribution is -0.0979. The smallest absolute Gasteiger partial charge is 0.106 e. The van der Waals surface area contributed by atoms with E-state index < -0.39 is 0 Å². The van der Waals surface area contributed by atoms with Crippen molar-refractivity contribution in [2.24, 2.45) is 0 Å². The van der Waals surface area contributed by atoms with Gasteiger partial charge in [0.15, 0.2) is 0 Å². The topological polar surface area (TPSA) is 17.1 Å². The molecule has 0 N–H and O–H groups in total. The first-order valence-electron chi connectivity index (χ1n) is 5.09. The lowest BCUT2D eigenvalue weighted by Crippen LogP contribution is -1.85. The van der Waals surface area contributed by atoms with Crippen molar-refractivity contribution in [2.45, 2.75) is 20.3 Å². The molecule has 0 saturated heterocycles. The van der Waals surface area contributed by atoms with Crippen LogP contribution >= 0.6 is 0 Å². The number of benzene rings is 2. The lowest BCUT2D eigenvalue weighted by Gasteiger charge is -2.06. The summed E-state index contributed by atoms with van der Waals surface area (Å²) < 4.78 is 0. The van der Waals surface area contributed by atoms with Gasteiger partial charge in [-0.3, -0.25) is 0 Å². The number of fused-ring (bicyclic) bond motifs is 1. The number of aryl methyl sites for hydroxylation is 2. The van der Waals surface area contributed by atoms with Crippen molar-refractivity contribution in [3.05, 3.63) is 47.5 Å². The van der Waals surface area contributed by atoms with E-state index in [1.807, 2.05) is 6.79 Å². The summed E-state index contributed by atoms with van der Waals surface area (Å²) in [6, 6.07) is 13.0. The third-order valence-corrected chi connectivity index (χ3v) is 2.58. The second-order valence-corrected chi connectivity index (χ2v) is 3.44. The predicted octanol–water partition coefficient (Wildman–Crippen LogP) is 3.53. The summed E-state index contributed by atoms with van der Waals surface area (Å²) in [6.07, 6.45) is 1.11. The zero-order chi connectivity index (χ0) is 11.3. The largest absolute Gasteiger partial charge is 0.307 e. The molecule has 0 amide bonds. The van der Waals surface area contributed by atoms with Gasteiger partial charge in [-0.15, -0.1) is 0 Å². The molecule has 0 heterocycles. The number of hydrogen-bond acceptors (Lipinski definition) is 1. The van der Waals surface area contributed by atoms with Gasteiger partial charge in [-0.1, -0.05) is 43.3 Å². The van der Waals surface area contributed by atoms with Crippen LogP contribution in [0.3, 0.4) is 0 Å². The molecule has 0 unspecified atom stereocenters. The Kier molecular flexibility index (Phi) is 4.04. The number of rotatable bonds is 1. The van der Waals surface area contributed by atoms with Gasteiger partial charge in [0, 0.05) is 0 Å². The zero-order valence-electron chi connectivity index (χ0n) is 9.29. The Labute approximate surface area is 90.7 Å². The molecular weight excluding hydrogens is 184 g/mol. The minimum absolute atomic E-state index is 1.11. The van der Waals surface area contributed by atoms with Gasteiger partial charge in [-0.05, 0) is 35.2 Å². The summed E-state index contributed by atoms with van der Waals surface area (Å²) >= 11 is 0. The minimum atomic E-state index is 1.11. The van der Waals surface area contributed by atoms with E-state index in [9.17, 15) is 0 Å². The monoisotopic (exact) mass is 200 g/mol. The minimum Gasteiger partial charge on any atom is -0.307 e. The van der Waals surface area contributed by atoms with E-state index >= 15 is 0 Å². The van der Waals surface area contributed by atoms with Crippen molar-refractivity contribution in [3.8, 4) is 0 Å². The van der Waals surface area contributed by atoms with E-state index in [1.54, 1.807) is 0 Å². The summed E-state index contributed by atoms with van der Waals surface area (Å²) in [5.41, 5.74) is 2.84. The van der Waals surface area contributed by atoms with E-state index in [0.717, 1.165) is 6.42 Å². The molecule has 0 aliphatic carbocycles. The Bertz CT molecular complexity index is 441. The number of carbonyl (C=O) groups is 1. The normalized spacial score (nSPS) is 9.47. The van der Waals surface area contributed by atoms with Crippen LogP contribution in [0.4, 0.5) is 0 Å². The molecule has 0 aliphatic rings.